The Labute approximate surface area is 186 Å². The van der Waals surface area contributed by atoms with E-state index in [1.54, 1.807) is 24.3 Å². The molecule has 1 heterocycles. The van der Waals surface area contributed by atoms with Crippen molar-refractivity contribution in [2.45, 2.75) is 24.9 Å². The predicted octanol–water partition coefficient (Wildman–Crippen LogP) is 5.26. The first-order valence-electron chi connectivity index (χ1n) is 10.8. The van der Waals surface area contributed by atoms with Crippen LogP contribution in [0.1, 0.15) is 29.0 Å². The van der Waals surface area contributed by atoms with Gasteiger partial charge in [0.05, 0.1) is 0 Å². The Balaban J connectivity index is 1.74. The number of hydrogen-bond acceptors (Lipinski definition) is 2. The summed E-state index contributed by atoms with van der Waals surface area (Å²) in [5.74, 6) is -0.992. The topological polar surface area (TPSA) is 52.6 Å². The zero-order chi connectivity index (χ0) is 22.5. The molecular formula is C26H26F2N2O2. The fourth-order valence-electron chi connectivity index (χ4n) is 4.73. The van der Waals surface area contributed by atoms with Crippen molar-refractivity contribution in [3.8, 4) is 0 Å². The SMILES string of the molecule is O=C(O)N(Cc1ccccc1)[C@@H]1CCNC[C@@H]1C(c1ccc(F)cc1)c1ccc(F)cc1. The van der Waals surface area contributed by atoms with Crippen LogP contribution in [0.4, 0.5) is 13.6 Å². The van der Waals surface area contributed by atoms with E-state index < -0.39 is 6.09 Å². The third-order valence-corrected chi connectivity index (χ3v) is 6.22. The van der Waals surface area contributed by atoms with Crippen LogP contribution >= 0.6 is 0 Å². The Bertz CT molecular complexity index is 980. The van der Waals surface area contributed by atoms with Crippen LogP contribution in [0.15, 0.2) is 78.9 Å². The van der Waals surface area contributed by atoms with Crippen molar-refractivity contribution in [1.82, 2.24) is 10.2 Å². The Kier molecular flexibility index (Phi) is 6.81. The van der Waals surface area contributed by atoms with Crippen LogP contribution in [0.25, 0.3) is 0 Å². The minimum atomic E-state index is -0.970. The van der Waals surface area contributed by atoms with E-state index in [-0.39, 0.29) is 36.1 Å². The highest BCUT2D eigenvalue weighted by Crippen LogP contribution is 2.38. The van der Waals surface area contributed by atoms with E-state index in [1.807, 2.05) is 30.3 Å². The summed E-state index contributed by atoms with van der Waals surface area (Å²) in [6.07, 6.45) is -0.314. The molecule has 1 amide bonds. The van der Waals surface area contributed by atoms with Gasteiger partial charge in [0.15, 0.2) is 0 Å². The van der Waals surface area contributed by atoms with E-state index in [0.29, 0.717) is 19.5 Å². The molecule has 0 radical (unpaired) electrons. The number of halogens is 2. The number of piperidine rings is 1. The summed E-state index contributed by atoms with van der Waals surface area (Å²) in [6.45, 7) is 1.60. The van der Waals surface area contributed by atoms with Crippen molar-refractivity contribution in [3.05, 3.63) is 107 Å². The van der Waals surface area contributed by atoms with E-state index >= 15 is 0 Å². The highest BCUT2D eigenvalue weighted by Gasteiger charge is 2.39. The van der Waals surface area contributed by atoms with Crippen molar-refractivity contribution >= 4 is 6.09 Å². The second kappa shape index (κ2) is 9.92. The molecule has 0 aliphatic carbocycles. The van der Waals surface area contributed by atoms with Gasteiger partial charge in [-0.15, -0.1) is 0 Å². The van der Waals surface area contributed by atoms with Gasteiger partial charge in [-0.05, 0) is 53.9 Å². The number of benzene rings is 3. The van der Waals surface area contributed by atoms with Crippen LogP contribution in [0.2, 0.25) is 0 Å². The van der Waals surface area contributed by atoms with Gasteiger partial charge in [0.25, 0.3) is 0 Å². The molecule has 0 unspecified atom stereocenters. The van der Waals surface area contributed by atoms with Gasteiger partial charge >= 0.3 is 6.09 Å². The molecule has 4 rings (SSSR count). The highest BCUT2D eigenvalue weighted by atomic mass is 19.1. The van der Waals surface area contributed by atoms with Crippen LogP contribution in [0, 0.1) is 17.6 Å². The number of nitrogens with zero attached hydrogens (tertiary/aromatic N) is 1. The highest BCUT2D eigenvalue weighted by molar-refractivity contribution is 5.65. The van der Waals surface area contributed by atoms with Crippen molar-refractivity contribution in [2.75, 3.05) is 13.1 Å². The van der Waals surface area contributed by atoms with Crippen molar-refractivity contribution in [2.24, 2.45) is 5.92 Å². The lowest BCUT2D eigenvalue weighted by Crippen LogP contribution is -2.53. The number of amides is 1. The van der Waals surface area contributed by atoms with Gasteiger partial charge in [0.1, 0.15) is 11.6 Å². The van der Waals surface area contributed by atoms with E-state index in [2.05, 4.69) is 5.32 Å². The summed E-state index contributed by atoms with van der Waals surface area (Å²) in [7, 11) is 0. The fraction of sp³-hybridized carbons (Fsp3) is 0.269. The Morgan fingerprint density at radius 2 is 1.50 bits per heavy atom. The fourth-order valence-corrected chi connectivity index (χ4v) is 4.73. The first-order chi connectivity index (χ1) is 15.5. The molecule has 0 bridgehead atoms. The maximum absolute atomic E-state index is 13.7. The molecule has 166 valence electrons. The van der Waals surface area contributed by atoms with Crippen molar-refractivity contribution < 1.29 is 18.7 Å². The molecule has 1 aliphatic heterocycles. The Morgan fingerprint density at radius 3 is 2.03 bits per heavy atom. The van der Waals surface area contributed by atoms with Gasteiger partial charge in [-0.2, -0.15) is 0 Å². The molecule has 0 saturated carbocycles. The van der Waals surface area contributed by atoms with Crippen molar-refractivity contribution in [1.29, 1.82) is 0 Å². The molecule has 3 aromatic carbocycles. The minimum Gasteiger partial charge on any atom is -0.465 e. The largest absolute Gasteiger partial charge is 0.465 e. The molecule has 4 nitrogen and oxygen atoms in total. The van der Waals surface area contributed by atoms with Crippen LogP contribution in [-0.4, -0.2) is 35.2 Å². The molecule has 32 heavy (non-hydrogen) atoms. The van der Waals surface area contributed by atoms with E-state index in [0.717, 1.165) is 16.7 Å². The lowest BCUT2D eigenvalue weighted by Gasteiger charge is -2.43. The number of nitrogens with one attached hydrogen (secondary N) is 1. The summed E-state index contributed by atoms with van der Waals surface area (Å²) in [4.78, 5) is 13.9. The standard InChI is InChI=1S/C26H26F2N2O2/c27-21-10-6-19(7-11-21)25(20-8-12-22(28)13-9-20)23-16-29-15-14-24(23)30(26(31)32)17-18-4-2-1-3-5-18/h1-13,23-25,29H,14-17H2,(H,31,32)/t23-,24+/m0/s1. The predicted molar refractivity (Wildman–Crippen MR) is 119 cm³/mol. The maximum atomic E-state index is 13.7. The lowest BCUT2D eigenvalue weighted by molar-refractivity contribution is 0.0809. The Hall–Kier alpha value is -3.25. The Morgan fingerprint density at radius 1 is 0.938 bits per heavy atom. The van der Waals surface area contributed by atoms with Gasteiger partial charge in [-0.3, -0.25) is 0 Å². The molecule has 6 heteroatoms. The normalized spacial score (nSPS) is 18.5. The first-order valence-corrected chi connectivity index (χ1v) is 10.8. The summed E-state index contributed by atoms with van der Waals surface area (Å²) in [6, 6.07) is 21.9. The van der Waals surface area contributed by atoms with Gasteiger partial charge < -0.3 is 15.3 Å². The van der Waals surface area contributed by atoms with Gasteiger partial charge in [0, 0.05) is 31.0 Å². The van der Waals surface area contributed by atoms with Gasteiger partial charge in [-0.25, -0.2) is 13.6 Å². The zero-order valence-electron chi connectivity index (χ0n) is 17.6. The monoisotopic (exact) mass is 436 g/mol. The number of hydrogen-bond donors (Lipinski definition) is 2. The van der Waals surface area contributed by atoms with Crippen LogP contribution < -0.4 is 5.32 Å². The molecular weight excluding hydrogens is 410 g/mol. The van der Waals surface area contributed by atoms with Crippen molar-refractivity contribution in [3.63, 3.8) is 0 Å². The average Bonchev–Trinajstić information content (AvgIpc) is 2.81. The molecule has 2 N–H and O–H groups in total. The smallest absolute Gasteiger partial charge is 0.407 e. The van der Waals surface area contributed by atoms with E-state index in [9.17, 15) is 18.7 Å². The first kappa shape index (κ1) is 22.0. The molecule has 0 spiro atoms. The van der Waals surface area contributed by atoms with E-state index in [4.69, 9.17) is 0 Å². The average molecular weight is 437 g/mol. The molecule has 2 atom stereocenters. The van der Waals surface area contributed by atoms with E-state index in [1.165, 1.54) is 29.2 Å². The third kappa shape index (κ3) is 4.97. The molecule has 0 aromatic heterocycles. The molecule has 1 aliphatic rings. The number of carbonyl (C=O) groups is 1. The third-order valence-electron chi connectivity index (χ3n) is 6.22. The molecule has 1 fully saturated rings. The van der Waals surface area contributed by atoms with Crippen LogP contribution in [-0.2, 0) is 6.54 Å². The summed E-state index contributed by atoms with van der Waals surface area (Å²) in [5.41, 5.74) is 2.68. The molecule has 3 aromatic rings. The molecule has 1 saturated heterocycles. The maximum Gasteiger partial charge on any atom is 0.407 e. The van der Waals surface area contributed by atoms with Gasteiger partial charge in [-0.1, -0.05) is 54.6 Å². The second-order valence-electron chi connectivity index (χ2n) is 8.20. The van der Waals surface area contributed by atoms with Crippen LogP contribution in [0.5, 0.6) is 0 Å². The number of rotatable bonds is 6. The summed E-state index contributed by atoms with van der Waals surface area (Å²) >= 11 is 0. The zero-order valence-corrected chi connectivity index (χ0v) is 17.6. The lowest BCUT2D eigenvalue weighted by atomic mass is 9.74. The summed E-state index contributed by atoms with van der Waals surface area (Å²) in [5, 5.41) is 13.5. The minimum absolute atomic E-state index is 0.112. The van der Waals surface area contributed by atoms with Gasteiger partial charge in [0.2, 0.25) is 0 Å². The van der Waals surface area contributed by atoms with Crippen LogP contribution in [0.3, 0.4) is 0 Å². The number of carboxylic acid groups (broad SMARTS) is 1. The second-order valence-corrected chi connectivity index (χ2v) is 8.20. The quantitative estimate of drug-likeness (QED) is 0.555. The summed E-state index contributed by atoms with van der Waals surface area (Å²) < 4.78 is 27.3.